The van der Waals surface area contributed by atoms with Crippen molar-refractivity contribution in [1.82, 2.24) is 0 Å². The van der Waals surface area contributed by atoms with Gasteiger partial charge in [-0.05, 0) is 47.6 Å². The molecule has 2 aromatic rings. The molecular weight excluding hydrogens is 354 g/mol. The first-order valence-corrected chi connectivity index (χ1v) is 9.92. The van der Waals surface area contributed by atoms with E-state index in [9.17, 15) is 10.2 Å². The van der Waals surface area contributed by atoms with Crippen molar-refractivity contribution < 1.29 is 19.7 Å². The molecule has 0 bridgehead atoms. The second-order valence-corrected chi connectivity index (χ2v) is 8.86. The molecule has 0 unspecified atom stereocenters. The zero-order valence-electron chi connectivity index (χ0n) is 17.0. The Hall–Kier alpha value is -2.40. The number of nitrogens with one attached hydrogen (secondary N) is 1. The van der Waals surface area contributed by atoms with Gasteiger partial charge >= 0.3 is 0 Å². The molecule has 3 N–H and O–H groups in total. The van der Waals surface area contributed by atoms with Gasteiger partial charge in [-0.1, -0.05) is 32.9 Å². The molecule has 150 valence electrons. The molecule has 1 saturated heterocycles. The van der Waals surface area contributed by atoms with Crippen LogP contribution in [0.4, 0.5) is 5.69 Å². The Balaban J connectivity index is 1.79. The Morgan fingerprint density at radius 3 is 2.64 bits per heavy atom. The van der Waals surface area contributed by atoms with E-state index in [0.29, 0.717) is 0 Å². The van der Waals surface area contributed by atoms with Gasteiger partial charge in [0, 0.05) is 23.8 Å². The summed E-state index contributed by atoms with van der Waals surface area (Å²) in [6, 6.07) is 9.97. The minimum Gasteiger partial charge on any atom is -0.504 e. The maximum absolute atomic E-state index is 10.2. The number of rotatable bonds is 2. The molecule has 2 heterocycles. The van der Waals surface area contributed by atoms with Crippen LogP contribution in [0.15, 0.2) is 30.3 Å². The van der Waals surface area contributed by atoms with Crippen molar-refractivity contribution >= 4 is 5.69 Å². The van der Waals surface area contributed by atoms with E-state index in [1.807, 2.05) is 0 Å². The first kappa shape index (κ1) is 18.9. The summed E-state index contributed by atoms with van der Waals surface area (Å²) in [7, 11) is 1.49. The van der Waals surface area contributed by atoms with Crippen LogP contribution in [0.5, 0.6) is 17.2 Å². The minimum absolute atomic E-state index is 0.0132. The summed E-state index contributed by atoms with van der Waals surface area (Å²) in [5.74, 6) is 0.121. The fourth-order valence-electron chi connectivity index (χ4n) is 4.42. The van der Waals surface area contributed by atoms with Crippen LogP contribution in [0, 0.1) is 5.92 Å². The molecule has 0 amide bonds. The molecule has 28 heavy (non-hydrogen) atoms. The highest BCUT2D eigenvalue weighted by atomic mass is 16.5. The van der Waals surface area contributed by atoms with Gasteiger partial charge in [0.25, 0.3) is 0 Å². The highest BCUT2D eigenvalue weighted by molar-refractivity contribution is 5.61. The van der Waals surface area contributed by atoms with Gasteiger partial charge in [-0.2, -0.15) is 0 Å². The van der Waals surface area contributed by atoms with E-state index in [0.717, 1.165) is 30.7 Å². The molecular formula is C23H29NO4. The van der Waals surface area contributed by atoms with Crippen LogP contribution in [0.1, 0.15) is 62.4 Å². The van der Waals surface area contributed by atoms with Crippen molar-refractivity contribution in [2.75, 3.05) is 19.0 Å². The molecule has 0 aromatic heterocycles. The lowest BCUT2D eigenvalue weighted by Crippen LogP contribution is -2.36. The molecule has 0 aliphatic carbocycles. The average molecular weight is 383 g/mol. The van der Waals surface area contributed by atoms with Crippen LogP contribution < -0.4 is 10.1 Å². The molecule has 5 nitrogen and oxygen atoms in total. The summed E-state index contributed by atoms with van der Waals surface area (Å²) in [5, 5.41) is 23.8. The van der Waals surface area contributed by atoms with Crippen LogP contribution in [-0.2, 0) is 10.2 Å². The van der Waals surface area contributed by atoms with Gasteiger partial charge in [-0.3, -0.25) is 0 Å². The van der Waals surface area contributed by atoms with Gasteiger partial charge in [0.2, 0.25) is 5.75 Å². The number of anilines is 1. The quantitative estimate of drug-likeness (QED) is 0.634. The predicted molar refractivity (Wildman–Crippen MR) is 109 cm³/mol. The Bertz CT molecular complexity index is 887. The van der Waals surface area contributed by atoms with E-state index >= 15 is 0 Å². The third kappa shape index (κ3) is 3.18. The smallest absolute Gasteiger partial charge is 0.200 e. The highest BCUT2D eigenvalue weighted by Gasteiger charge is 2.40. The van der Waals surface area contributed by atoms with E-state index < -0.39 is 0 Å². The lowest BCUT2D eigenvalue weighted by atomic mass is 9.75. The van der Waals surface area contributed by atoms with Crippen molar-refractivity contribution in [3.63, 3.8) is 0 Å². The standard InChI is InChI=1S/C23H29NO4/c1-23(2,3)14-7-8-17-16(12-14)22-15(6-5-9-28-22)20(24-17)13-10-18(25)21(26)19(11-13)27-4/h7-8,10-12,15,20,22,24-26H,5-6,9H2,1-4H3/t15-,20-,22-/m0/s1. The van der Waals surface area contributed by atoms with Crippen LogP contribution >= 0.6 is 0 Å². The second kappa shape index (κ2) is 6.89. The summed E-state index contributed by atoms with van der Waals surface area (Å²) >= 11 is 0. The SMILES string of the molecule is COc1cc([C@@H]2Nc3ccc(C(C)(C)C)cc3[C@H]3OCCC[C@H]32)cc(O)c1O. The summed E-state index contributed by atoms with van der Waals surface area (Å²) in [6.07, 6.45) is 2.06. The van der Waals surface area contributed by atoms with Crippen molar-refractivity contribution in [3.8, 4) is 17.2 Å². The average Bonchev–Trinajstić information content (AvgIpc) is 2.68. The molecule has 2 aromatic carbocycles. The largest absolute Gasteiger partial charge is 0.504 e. The summed E-state index contributed by atoms with van der Waals surface area (Å²) in [5.41, 5.74) is 4.53. The van der Waals surface area contributed by atoms with Gasteiger partial charge in [0.05, 0.1) is 19.3 Å². The van der Waals surface area contributed by atoms with Gasteiger partial charge in [0.1, 0.15) is 0 Å². The first-order chi connectivity index (χ1) is 13.3. The lowest BCUT2D eigenvalue weighted by Gasteiger charge is -2.44. The molecule has 0 spiro atoms. The number of aromatic hydroxyl groups is 2. The van der Waals surface area contributed by atoms with Crippen LogP contribution in [0.3, 0.4) is 0 Å². The number of hydrogen-bond donors (Lipinski definition) is 3. The molecule has 1 fully saturated rings. The second-order valence-electron chi connectivity index (χ2n) is 8.86. The van der Waals surface area contributed by atoms with E-state index in [-0.39, 0.29) is 40.7 Å². The number of phenols is 2. The maximum Gasteiger partial charge on any atom is 0.200 e. The Kier molecular flexibility index (Phi) is 4.66. The monoisotopic (exact) mass is 383 g/mol. The zero-order valence-corrected chi connectivity index (χ0v) is 17.0. The Morgan fingerprint density at radius 1 is 1.14 bits per heavy atom. The summed E-state index contributed by atoms with van der Waals surface area (Å²) < 4.78 is 11.5. The minimum atomic E-state index is -0.228. The third-order valence-corrected chi connectivity index (χ3v) is 5.99. The fraction of sp³-hybridized carbons (Fsp3) is 0.478. The molecule has 0 radical (unpaired) electrons. The van der Waals surface area contributed by atoms with E-state index in [1.54, 1.807) is 12.1 Å². The van der Waals surface area contributed by atoms with E-state index in [1.165, 1.54) is 18.2 Å². The number of phenolic OH excluding ortho intramolecular Hbond substituents is 2. The normalized spacial score (nSPS) is 24.1. The highest BCUT2D eigenvalue weighted by Crippen LogP contribution is 2.51. The number of fused-ring (bicyclic) bond motifs is 3. The van der Waals surface area contributed by atoms with Crippen molar-refractivity contribution in [2.24, 2.45) is 5.92 Å². The topological polar surface area (TPSA) is 71.0 Å². The molecule has 4 rings (SSSR count). The molecule has 5 heteroatoms. The molecule has 0 saturated carbocycles. The predicted octanol–water partition coefficient (Wildman–Crippen LogP) is 5.04. The number of benzene rings is 2. The van der Waals surface area contributed by atoms with E-state index in [4.69, 9.17) is 9.47 Å². The van der Waals surface area contributed by atoms with Crippen molar-refractivity contribution in [2.45, 2.75) is 51.2 Å². The van der Waals surface area contributed by atoms with Crippen molar-refractivity contribution in [1.29, 1.82) is 0 Å². The Labute approximate surface area is 166 Å². The van der Waals surface area contributed by atoms with Gasteiger partial charge < -0.3 is 25.0 Å². The first-order valence-electron chi connectivity index (χ1n) is 9.92. The Morgan fingerprint density at radius 2 is 1.93 bits per heavy atom. The van der Waals surface area contributed by atoms with Gasteiger partial charge in [0.15, 0.2) is 11.5 Å². The maximum atomic E-state index is 10.2. The van der Waals surface area contributed by atoms with Gasteiger partial charge in [-0.15, -0.1) is 0 Å². The number of methoxy groups -OCH3 is 1. The van der Waals surface area contributed by atoms with E-state index in [2.05, 4.69) is 44.3 Å². The number of hydrogen-bond acceptors (Lipinski definition) is 5. The third-order valence-electron chi connectivity index (χ3n) is 5.99. The van der Waals surface area contributed by atoms with Gasteiger partial charge in [-0.25, -0.2) is 0 Å². The van der Waals surface area contributed by atoms with Crippen LogP contribution in [0.25, 0.3) is 0 Å². The molecule has 3 atom stereocenters. The lowest BCUT2D eigenvalue weighted by molar-refractivity contribution is -0.0382. The van der Waals surface area contributed by atoms with Crippen LogP contribution in [-0.4, -0.2) is 23.9 Å². The summed E-state index contributed by atoms with van der Waals surface area (Å²) in [4.78, 5) is 0. The van der Waals surface area contributed by atoms with Crippen molar-refractivity contribution in [3.05, 3.63) is 47.0 Å². The summed E-state index contributed by atoms with van der Waals surface area (Å²) in [6.45, 7) is 7.42. The van der Waals surface area contributed by atoms with Crippen LogP contribution in [0.2, 0.25) is 0 Å². The molecule has 2 aliphatic heterocycles. The molecule has 2 aliphatic rings. The fourth-order valence-corrected chi connectivity index (χ4v) is 4.42. The zero-order chi connectivity index (χ0) is 20.1. The number of ether oxygens (including phenoxy) is 2.